The number of aliphatic hydroxyl groups excluding tert-OH is 1. The third kappa shape index (κ3) is 6.00. The average Bonchev–Trinajstić information content (AvgIpc) is 3.40. The second-order valence-corrected chi connectivity index (χ2v) is 7.27. The van der Waals surface area contributed by atoms with Crippen molar-refractivity contribution in [3.63, 3.8) is 0 Å². The van der Waals surface area contributed by atoms with Crippen LogP contribution in [-0.4, -0.2) is 59.2 Å². The zero-order chi connectivity index (χ0) is 24.5. The van der Waals surface area contributed by atoms with Crippen molar-refractivity contribution in [3.05, 3.63) is 78.3 Å². The van der Waals surface area contributed by atoms with E-state index in [2.05, 4.69) is 5.32 Å². The Morgan fingerprint density at radius 2 is 1.65 bits per heavy atom. The van der Waals surface area contributed by atoms with Crippen molar-refractivity contribution >= 4 is 17.7 Å². The Kier molecular flexibility index (Phi) is 8.38. The number of aliphatic hydroxyl groups is 1. The minimum atomic E-state index is -1.60. The number of likely N-dealkylation sites (N-methyl/N-ethyl adjacent to an activating group) is 1. The van der Waals surface area contributed by atoms with Gasteiger partial charge in [0.2, 0.25) is 0 Å². The maximum Gasteiger partial charge on any atom is 0.275 e. The zero-order valence-corrected chi connectivity index (χ0v) is 18.4. The van der Waals surface area contributed by atoms with E-state index in [1.54, 1.807) is 48.5 Å². The van der Waals surface area contributed by atoms with Gasteiger partial charge in [0.15, 0.2) is 6.04 Å². The highest BCUT2D eigenvalue weighted by molar-refractivity contribution is 6.08. The fraction of sp³-hybridized carbons (Fsp3) is 0.208. The predicted octanol–water partition coefficient (Wildman–Crippen LogP) is 1.58. The summed E-state index contributed by atoms with van der Waals surface area (Å²) in [6.45, 7) is 0.152. The van der Waals surface area contributed by atoms with Crippen LogP contribution in [0.4, 0.5) is 0 Å². The Labute approximate surface area is 195 Å². The lowest BCUT2D eigenvalue weighted by atomic mass is 10.0. The number of amides is 3. The van der Waals surface area contributed by atoms with E-state index in [4.69, 9.17) is 19.5 Å². The number of ether oxygens (including phenoxy) is 1. The second-order valence-electron chi connectivity index (χ2n) is 7.27. The molecule has 1 aromatic heterocycles. The first-order valence-corrected chi connectivity index (χ1v) is 10.4. The van der Waals surface area contributed by atoms with Gasteiger partial charge in [-0.05, 0) is 47.5 Å². The highest BCUT2D eigenvalue weighted by Crippen LogP contribution is 2.23. The van der Waals surface area contributed by atoms with E-state index in [9.17, 15) is 14.4 Å². The van der Waals surface area contributed by atoms with Crippen LogP contribution in [0.25, 0.3) is 11.1 Å². The summed E-state index contributed by atoms with van der Waals surface area (Å²) < 4.78 is 10.5. The van der Waals surface area contributed by atoms with Crippen molar-refractivity contribution in [2.24, 2.45) is 0 Å². The number of carbonyl (C=O) groups excluding carboxylic acids is 3. The molecule has 0 radical (unpaired) electrons. The molecule has 0 aliphatic heterocycles. The lowest BCUT2D eigenvalue weighted by Crippen LogP contribution is -2.55. The Balaban J connectivity index is 1.70. The molecule has 0 aliphatic rings. The van der Waals surface area contributed by atoms with Gasteiger partial charge < -0.3 is 24.5 Å². The number of furan rings is 1. The summed E-state index contributed by atoms with van der Waals surface area (Å²) in [6.07, 6.45) is 1.44. The topological polar surface area (TPSA) is 141 Å². The molecular weight excluding hydrogens is 442 g/mol. The first kappa shape index (κ1) is 24.5. The highest BCUT2D eigenvalue weighted by atomic mass is 16.5. The minimum absolute atomic E-state index is 0.0155. The Morgan fingerprint density at radius 3 is 2.21 bits per heavy atom. The summed E-state index contributed by atoms with van der Waals surface area (Å²) in [5.41, 5.74) is 3.42. The Morgan fingerprint density at radius 1 is 1.00 bits per heavy atom. The molecule has 34 heavy (non-hydrogen) atoms. The fourth-order valence-electron chi connectivity index (χ4n) is 3.25. The van der Waals surface area contributed by atoms with Crippen molar-refractivity contribution in [1.82, 2.24) is 15.7 Å². The Bertz CT molecular complexity index is 1100. The summed E-state index contributed by atoms with van der Waals surface area (Å²) in [4.78, 5) is 38.7. The van der Waals surface area contributed by atoms with E-state index in [-0.39, 0.29) is 25.3 Å². The molecule has 1 heterocycles. The number of rotatable bonds is 10. The van der Waals surface area contributed by atoms with Gasteiger partial charge in [-0.15, -0.1) is 0 Å². The van der Waals surface area contributed by atoms with E-state index >= 15 is 0 Å². The lowest BCUT2D eigenvalue weighted by Gasteiger charge is -2.25. The van der Waals surface area contributed by atoms with E-state index in [0.717, 1.165) is 16.0 Å². The molecule has 1 atom stereocenters. The van der Waals surface area contributed by atoms with Crippen LogP contribution in [0.5, 0.6) is 5.75 Å². The van der Waals surface area contributed by atoms with Gasteiger partial charge in [0.1, 0.15) is 18.1 Å². The summed E-state index contributed by atoms with van der Waals surface area (Å²) >= 11 is 0. The van der Waals surface area contributed by atoms with Crippen LogP contribution >= 0.6 is 0 Å². The standard InChI is InChI=1S/C24H25N3O7/c1-27(21(23(30)26-32)22(29)25-15-20-3-2-13-33-20)24(31)18-6-4-16(5-7-18)17-8-10-19(11-9-17)34-14-12-28/h2-11,13,21,28,32H,12,14-15H2,1H3,(H,25,29)(H,26,30). The molecule has 178 valence electrons. The second kappa shape index (κ2) is 11.6. The third-order valence-corrected chi connectivity index (χ3v) is 5.01. The molecule has 0 spiro atoms. The monoisotopic (exact) mass is 467 g/mol. The van der Waals surface area contributed by atoms with E-state index in [1.165, 1.54) is 18.8 Å². The normalized spacial score (nSPS) is 11.4. The number of hydrogen-bond donors (Lipinski definition) is 4. The molecular formula is C24H25N3O7. The zero-order valence-electron chi connectivity index (χ0n) is 18.4. The quantitative estimate of drug-likeness (QED) is 0.202. The number of carbonyl (C=O) groups is 3. The van der Waals surface area contributed by atoms with Crippen LogP contribution in [0.2, 0.25) is 0 Å². The van der Waals surface area contributed by atoms with Gasteiger partial charge in [-0.1, -0.05) is 24.3 Å². The molecule has 10 nitrogen and oxygen atoms in total. The molecule has 4 N–H and O–H groups in total. The van der Waals surface area contributed by atoms with Gasteiger partial charge in [0, 0.05) is 12.6 Å². The van der Waals surface area contributed by atoms with Gasteiger partial charge in [-0.25, -0.2) is 5.48 Å². The molecule has 3 rings (SSSR count). The molecule has 0 saturated heterocycles. The third-order valence-electron chi connectivity index (χ3n) is 5.01. The number of hydrogen-bond acceptors (Lipinski definition) is 7. The molecule has 0 saturated carbocycles. The Hall–Kier alpha value is -4.15. The smallest absolute Gasteiger partial charge is 0.275 e. The number of nitrogens with zero attached hydrogens (tertiary/aromatic N) is 1. The highest BCUT2D eigenvalue weighted by Gasteiger charge is 2.34. The molecule has 10 heteroatoms. The summed E-state index contributed by atoms with van der Waals surface area (Å²) in [6, 6.07) is 15.6. The van der Waals surface area contributed by atoms with Gasteiger partial charge in [-0.3, -0.25) is 19.6 Å². The first-order valence-electron chi connectivity index (χ1n) is 10.4. The van der Waals surface area contributed by atoms with Crippen molar-refractivity contribution in [1.29, 1.82) is 0 Å². The van der Waals surface area contributed by atoms with E-state index in [1.807, 2.05) is 12.1 Å². The summed E-state index contributed by atoms with van der Waals surface area (Å²) in [5, 5.41) is 20.4. The average molecular weight is 467 g/mol. The maximum atomic E-state index is 13.0. The van der Waals surface area contributed by atoms with Crippen LogP contribution in [0, 0.1) is 0 Å². The molecule has 0 fully saturated rings. The predicted molar refractivity (Wildman–Crippen MR) is 121 cm³/mol. The van der Waals surface area contributed by atoms with Crippen molar-refractivity contribution in [3.8, 4) is 16.9 Å². The van der Waals surface area contributed by atoms with Crippen molar-refractivity contribution < 1.29 is 33.9 Å². The fourth-order valence-corrected chi connectivity index (χ4v) is 3.25. The molecule has 2 aromatic carbocycles. The summed E-state index contributed by atoms with van der Waals surface area (Å²) in [7, 11) is 1.30. The molecule has 3 amide bonds. The minimum Gasteiger partial charge on any atom is -0.491 e. The van der Waals surface area contributed by atoms with Crippen LogP contribution < -0.4 is 15.5 Å². The number of nitrogens with one attached hydrogen (secondary N) is 2. The van der Waals surface area contributed by atoms with Gasteiger partial charge in [0.05, 0.1) is 19.4 Å². The van der Waals surface area contributed by atoms with E-state index < -0.39 is 23.8 Å². The van der Waals surface area contributed by atoms with Crippen LogP contribution in [0.1, 0.15) is 16.1 Å². The van der Waals surface area contributed by atoms with Gasteiger partial charge in [0.25, 0.3) is 17.7 Å². The molecule has 0 bridgehead atoms. The van der Waals surface area contributed by atoms with Crippen LogP contribution in [-0.2, 0) is 16.1 Å². The lowest BCUT2D eigenvalue weighted by molar-refractivity contribution is -0.141. The molecule has 3 aromatic rings. The SMILES string of the molecule is CN(C(=O)c1ccc(-c2ccc(OCCO)cc2)cc1)C(C(=O)NO)C(=O)NCc1ccco1. The van der Waals surface area contributed by atoms with Crippen molar-refractivity contribution in [2.45, 2.75) is 12.6 Å². The number of hydroxylamine groups is 1. The largest absolute Gasteiger partial charge is 0.491 e. The molecule has 0 aliphatic carbocycles. The van der Waals surface area contributed by atoms with Gasteiger partial charge >= 0.3 is 0 Å². The maximum absolute atomic E-state index is 13.0. The summed E-state index contributed by atoms with van der Waals surface area (Å²) in [5.74, 6) is -1.31. The van der Waals surface area contributed by atoms with Crippen LogP contribution in [0.3, 0.4) is 0 Å². The van der Waals surface area contributed by atoms with E-state index in [0.29, 0.717) is 11.5 Å². The van der Waals surface area contributed by atoms with Crippen molar-refractivity contribution in [2.75, 3.05) is 20.3 Å². The van der Waals surface area contributed by atoms with Gasteiger partial charge in [-0.2, -0.15) is 0 Å². The first-order chi connectivity index (χ1) is 16.4. The molecule has 1 unspecified atom stereocenters. The number of benzene rings is 2. The van der Waals surface area contributed by atoms with Crippen LogP contribution in [0.15, 0.2) is 71.3 Å².